The van der Waals surface area contributed by atoms with Crippen molar-refractivity contribution < 1.29 is 31.9 Å². The van der Waals surface area contributed by atoms with Crippen LogP contribution in [0, 0.1) is 18.7 Å². The summed E-state index contributed by atoms with van der Waals surface area (Å²) in [5, 5.41) is 9.90. The van der Waals surface area contributed by atoms with E-state index in [-0.39, 0.29) is 28.8 Å². The largest absolute Gasteiger partial charge is 0.465 e. The van der Waals surface area contributed by atoms with Crippen LogP contribution in [-0.4, -0.2) is 31.1 Å². The molecule has 3 unspecified atom stereocenters. The molecule has 3 atom stereocenters. The van der Waals surface area contributed by atoms with Gasteiger partial charge in [-0.2, -0.15) is 13.2 Å². The van der Waals surface area contributed by atoms with Gasteiger partial charge in [0.05, 0.1) is 24.2 Å². The van der Waals surface area contributed by atoms with Crippen LogP contribution in [0.15, 0.2) is 60.7 Å². The molecule has 10 heteroatoms. The van der Waals surface area contributed by atoms with Gasteiger partial charge in [-0.3, -0.25) is 4.79 Å². The summed E-state index contributed by atoms with van der Waals surface area (Å²) in [5.74, 6) is -2.29. The fourth-order valence-electron chi connectivity index (χ4n) is 6.61. The highest BCUT2D eigenvalue weighted by atomic mass is 19.4. The normalized spacial score (nSPS) is 20.5. The zero-order chi connectivity index (χ0) is 32.1. The Morgan fingerprint density at radius 3 is 2.36 bits per heavy atom. The van der Waals surface area contributed by atoms with Gasteiger partial charge >= 0.3 is 12.1 Å². The minimum absolute atomic E-state index is 0.0553. The number of rotatable bonds is 9. The van der Waals surface area contributed by atoms with E-state index in [0.717, 1.165) is 30.2 Å². The van der Waals surface area contributed by atoms with Crippen molar-refractivity contribution in [3.05, 3.63) is 94.3 Å². The summed E-state index contributed by atoms with van der Waals surface area (Å²) in [7, 11) is 1.21. The average Bonchev–Trinajstić information content (AvgIpc) is 3.53. The molecule has 0 bridgehead atoms. The Labute approximate surface area is 260 Å². The molecule has 0 spiro atoms. The summed E-state index contributed by atoms with van der Waals surface area (Å²) in [5.41, 5.74) is 1.75. The Morgan fingerprint density at radius 1 is 0.956 bits per heavy atom. The Morgan fingerprint density at radius 2 is 1.67 bits per heavy atom. The van der Waals surface area contributed by atoms with Gasteiger partial charge < -0.3 is 20.7 Å². The zero-order valence-electron chi connectivity index (χ0n) is 25.5. The summed E-state index contributed by atoms with van der Waals surface area (Å²) in [6, 6.07) is 16.2. The number of anilines is 2. The monoisotopic (exact) mass is 625 g/mol. The highest BCUT2D eigenvalue weighted by Crippen LogP contribution is 2.37. The van der Waals surface area contributed by atoms with Gasteiger partial charge in [0.2, 0.25) is 5.91 Å². The lowest BCUT2D eigenvalue weighted by molar-refractivity contribution is -0.138. The first-order valence-electron chi connectivity index (χ1n) is 15.5. The van der Waals surface area contributed by atoms with Gasteiger partial charge in [0.25, 0.3) is 0 Å². The lowest BCUT2D eigenvalue weighted by atomic mass is 9.81. The molecule has 0 aromatic heterocycles. The molecule has 1 aliphatic carbocycles. The highest BCUT2D eigenvalue weighted by Gasteiger charge is 2.37. The van der Waals surface area contributed by atoms with Gasteiger partial charge in [-0.1, -0.05) is 43.2 Å². The second-order valence-corrected chi connectivity index (χ2v) is 12.1. The third-order valence-electron chi connectivity index (χ3n) is 9.04. The Hall–Kier alpha value is -3.92. The highest BCUT2D eigenvalue weighted by molar-refractivity contribution is 5.93. The van der Waals surface area contributed by atoms with Gasteiger partial charge in [0.1, 0.15) is 5.82 Å². The van der Waals surface area contributed by atoms with E-state index in [4.69, 9.17) is 4.74 Å². The molecule has 5 rings (SSSR count). The number of hydrogen-bond donors (Lipinski definition) is 3. The van der Waals surface area contributed by atoms with Crippen molar-refractivity contribution in [2.24, 2.45) is 5.92 Å². The van der Waals surface area contributed by atoms with Gasteiger partial charge in [-0.15, -0.1) is 0 Å². The molecule has 0 radical (unpaired) electrons. The van der Waals surface area contributed by atoms with Crippen molar-refractivity contribution in [2.45, 2.75) is 82.6 Å². The van der Waals surface area contributed by atoms with E-state index in [1.165, 1.54) is 45.1 Å². The van der Waals surface area contributed by atoms with Crippen LogP contribution in [0.5, 0.6) is 0 Å². The third-order valence-corrected chi connectivity index (χ3v) is 9.04. The Kier molecular flexibility index (Phi) is 10.1. The van der Waals surface area contributed by atoms with Gasteiger partial charge in [0.15, 0.2) is 0 Å². The third kappa shape index (κ3) is 7.84. The first-order chi connectivity index (χ1) is 21.5. The number of methoxy groups -OCH3 is 1. The van der Waals surface area contributed by atoms with E-state index >= 15 is 0 Å². The Balaban J connectivity index is 1.35. The predicted octanol–water partition coefficient (Wildman–Crippen LogP) is 7.97. The van der Waals surface area contributed by atoms with Gasteiger partial charge in [0, 0.05) is 29.5 Å². The van der Waals surface area contributed by atoms with E-state index < -0.39 is 35.5 Å². The number of hydrogen-bond acceptors (Lipinski definition) is 5. The number of esters is 1. The summed E-state index contributed by atoms with van der Waals surface area (Å²) < 4.78 is 59.9. The first kappa shape index (κ1) is 32.5. The van der Waals surface area contributed by atoms with Crippen LogP contribution < -0.4 is 16.0 Å². The topological polar surface area (TPSA) is 79.5 Å². The predicted molar refractivity (Wildman–Crippen MR) is 166 cm³/mol. The summed E-state index contributed by atoms with van der Waals surface area (Å²) in [6.45, 7) is 1.39. The minimum atomic E-state index is -4.53. The van der Waals surface area contributed by atoms with Crippen LogP contribution in [0.2, 0.25) is 0 Å². The number of ether oxygens (including phenoxy) is 1. The van der Waals surface area contributed by atoms with Crippen molar-refractivity contribution in [1.29, 1.82) is 0 Å². The first-order valence-corrected chi connectivity index (χ1v) is 15.5. The number of aryl methyl sites for hydroxylation is 2. The quantitative estimate of drug-likeness (QED) is 0.166. The summed E-state index contributed by atoms with van der Waals surface area (Å²) >= 11 is 0. The smallest absolute Gasteiger partial charge is 0.416 e. The zero-order valence-corrected chi connectivity index (χ0v) is 25.5. The number of carbonyl (C=O) groups excluding carboxylic acids is 2. The molecule has 1 amide bonds. The molecule has 240 valence electrons. The fourth-order valence-corrected chi connectivity index (χ4v) is 6.61. The molecule has 2 fully saturated rings. The van der Waals surface area contributed by atoms with Crippen LogP contribution >= 0.6 is 0 Å². The molecular weight excluding hydrogens is 586 g/mol. The number of benzene rings is 3. The van der Waals surface area contributed by atoms with Gasteiger partial charge in [-0.25, -0.2) is 9.18 Å². The molecular formula is C35H39F4N3O3. The number of alkyl halides is 3. The lowest BCUT2D eigenvalue weighted by Crippen LogP contribution is -2.46. The molecule has 6 nitrogen and oxygen atoms in total. The van der Waals surface area contributed by atoms with E-state index in [9.17, 15) is 27.2 Å². The van der Waals surface area contributed by atoms with Crippen LogP contribution in [0.3, 0.4) is 0 Å². The van der Waals surface area contributed by atoms with Gasteiger partial charge in [-0.05, 0) is 92.5 Å². The van der Waals surface area contributed by atoms with Crippen molar-refractivity contribution in [3.8, 4) is 0 Å². The van der Waals surface area contributed by atoms with Crippen LogP contribution in [0.4, 0.5) is 28.9 Å². The molecule has 3 N–H and O–H groups in total. The maximum Gasteiger partial charge on any atom is 0.416 e. The second kappa shape index (κ2) is 14.0. The summed E-state index contributed by atoms with van der Waals surface area (Å²) in [6.07, 6.45) is 2.24. The molecule has 1 heterocycles. The average molecular weight is 626 g/mol. The number of piperidine rings is 1. The molecule has 45 heavy (non-hydrogen) atoms. The minimum Gasteiger partial charge on any atom is -0.465 e. The second-order valence-electron chi connectivity index (χ2n) is 12.1. The molecule has 1 aliphatic heterocycles. The van der Waals surface area contributed by atoms with Crippen molar-refractivity contribution in [1.82, 2.24) is 5.32 Å². The molecule has 3 aromatic rings. The van der Waals surface area contributed by atoms with E-state index in [1.807, 2.05) is 24.3 Å². The van der Waals surface area contributed by atoms with Crippen molar-refractivity contribution in [3.63, 3.8) is 0 Å². The lowest BCUT2D eigenvalue weighted by Gasteiger charge is -2.37. The van der Waals surface area contributed by atoms with Crippen LogP contribution in [0.1, 0.15) is 83.6 Å². The number of carbonyl (C=O) groups is 2. The number of nitrogens with one attached hydrogen (secondary N) is 3. The standard InChI is InChI=1S/C35H39F4N3O3/c1-21-10-14-27(20-29(21)35(37,38)39)42-33(43)28-19-18-26(15-11-22-6-5-9-30(36)31(22)34(44)45-2)41-32(28)23-12-16-25(17-13-23)40-24-7-3-4-8-24/h5-6,9-10,12-14,16-17,20,24,26,28,32,40-41H,3-4,7-8,11,15,18-19H2,1-2H3,(H,42,43). The van der Waals surface area contributed by atoms with E-state index in [0.29, 0.717) is 37.3 Å². The van der Waals surface area contributed by atoms with Crippen molar-refractivity contribution in [2.75, 3.05) is 17.7 Å². The number of halogens is 4. The maximum absolute atomic E-state index is 14.5. The molecule has 2 aliphatic rings. The maximum atomic E-state index is 14.5. The van der Waals surface area contributed by atoms with E-state index in [2.05, 4.69) is 16.0 Å². The summed E-state index contributed by atoms with van der Waals surface area (Å²) in [4.78, 5) is 25.9. The van der Waals surface area contributed by atoms with Crippen molar-refractivity contribution >= 4 is 23.3 Å². The number of amides is 1. The van der Waals surface area contributed by atoms with E-state index in [1.54, 1.807) is 12.1 Å². The molecule has 1 saturated heterocycles. The fraction of sp³-hybridized carbons (Fsp3) is 0.429. The van der Waals surface area contributed by atoms with Crippen LogP contribution in [0.25, 0.3) is 0 Å². The Bertz CT molecular complexity index is 1500. The SMILES string of the molecule is COC(=O)c1c(F)cccc1CCC1CCC(C(=O)Nc2ccc(C)c(C(F)(F)F)c2)C(c2ccc(NC3CCCC3)cc2)N1. The molecule has 1 saturated carbocycles. The molecule has 3 aromatic carbocycles. The van der Waals surface area contributed by atoms with Crippen LogP contribution in [-0.2, 0) is 22.1 Å².